The van der Waals surface area contributed by atoms with Gasteiger partial charge in [0.15, 0.2) is 0 Å². The zero-order valence-electron chi connectivity index (χ0n) is 11.3. The number of para-hydroxylation sites is 1. The van der Waals surface area contributed by atoms with Crippen LogP contribution < -0.4 is 4.90 Å². The van der Waals surface area contributed by atoms with Gasteiger partial charge in [-0.25, -0.2) is 0 Å². The van der Waals surface area contributed by atoms with Crippen LogP contribution in [0.2, 0.25) is 5.02 Å². The average Bonchev–Trinajstić information content (AvgIpc) is 2.48. The molecule has 0 fully saturated rings. The van der Waals surface area contributed by atoms with Crippen molar-refractivity contribution in [3.05, 3.63) is 63.6 Å². The summed E-state index contributed by atoms with van der Waals surface area (Å²) in [7, 11) is 0. The quantitative estimate of drug-likeness (QED) is 0.811. The first-order valence-electron chi connectivity index (χ1n) is 6.52. The monoisotopic (exact) mass is 367 g/mol. The van der Waals surface area contributed by atoms with Crippen LogP contribution in [0.15, 0.2) is 53.0 Å². The number of hydrogen-bond acceptors (Lipinski definition) is 2. The molecule has 0 spiro atoms. The van der Waals surface area contributed by atoms with E-state index in [2.05, 4.69) is 15.9 Å². The molecule has 2 aromatic carbocycles. The third kappa shape index (κ3) is 4.76. The number of anilines is 1. The zero-order chi connectivity index (χ0) is 15.2. The standard InChI is InChI=1S/C16H15BrClNO2/c17-14-7-6-12(10-15(14)18)11-19(9-8-16(20)21)13-4-2-1-3-5-13/h1-7,10H,8-9,11H2,(H,20,21). The van der Waals surface area contributed by atoms with Crippen LogP contribution in [0.1, 0.15) is 12.0 Å². The molecule has 1 N–H and O–H groups in total. The van der Waals surface area contributed by atoms with E-state index in [1.54, 1.807) is 0 Å². The van der Waals surface area contributed by atoms with Gasteiger partial charge < -0.3 is 10.0 Å². The molecule has 5 heteroatoms. The summed E-state index contributed by atoms with van der Waals surface area (Å²) in [6.45, 7) is 1.07. The lowest BCUT2D eigenvalue weighted by atomic mass is 10.2. The van der Waals surface area contributed by atoms with Gasteiger partial charge in [-0.1, -0.05) is 35.9 Å². The van der Waals surface area contributed by atoms with Crippen LogP contribution >= 0.6 is 27.5 Å². The van der Waals surface area contributed by atoms with Crippen LogP contribution in [0.5, 0.6) is 0 Å². The molecule has 110 valence electrons. The molecule has 3 nitrogen and oxygen atoms in total. The van der Waals surface area contributed by atoms with Crippen molar-refractivity contribution in [2.75, 3.05) is 11.4 Å². The van der Waals surface area contributed by atoms with E-state index in [-0.39, 0.29) is 6.42 Å². The Morgan fingerprint density at radius 2 is 1.90 bits per heavy atom. The second kappa shape index (κ2) is 7.48. The maximum absolute atomic E-state index is 10.8. The van der Waals surface area contributed by atoms with Crippen molar-refractivity contribution in [3.63, 3.8) is 0 Å². The molecule has 2 aromatic rings. The van der Waals surface area contributed by atoms with Gasteiger partial charge in [-0.3, -0.25) is 4.79 Å². The number of carboxylic acids is 1. The summed E-state index contributed by atoms with van der Waals surface area (Å²) >= 11 is 9.48. The van der Waals surface area contributed by atoms with Gasteiger partial charge in [-0.05, 0) is 45.8 Å². The molecule has 21 heavy (non-hydrogen) atoms. The first-order chi connectivity index (χ1) is 10.1. The van der Waals surface area contributed by atoms with E-state index in [0.717, 1.165) is 15.7 Å². The molecule has 0 aliphatic rings. The number of aliphatic carboxylic acids is 1. The van der Waals surface area contributed by atoms with E-state index in [1.807, 2.05) is 53.4 Å². The van der Waals surface area contributed by atoms with Gasteiger partial charge in [-0.2, -0.15) is 0 Å². The number of carbonyl (C=O) groups is 1. The Morgan fingerprint density at radius 3 is 2.52 bits per heavy atom. The Hall–Kier alpha value is -1.52. The van der Waals surface area contributed by atoms with Crippen molar-refractivity contribution in [2.45, 2.75) is 13.0 Å². The second-order valence-electron chi connectivity index (χ2n) is 4.65. The molecule has 0 saturated heterocycles. The van der Waals surface area contributed by atoms with E-state index in [1.165, 1.54) is 0 Å². The van der Waals surface area contributed by atoms with E-state index < -0.39 is 5.97 Å². The first-order valence-corrected chi connectivity index (χ1v) is 7.69. The minimum absolute atomic E-state index is 0.0964. The van der Waals surface area contributed by atoms with Crippen LogP contribution in [-0.4, -0.2) is 17.6 Å². The molecule has 0 atom stereocenters. The molecule has 0 radical (unpaired) electrons. The van der Waals surface area contributed by atoms with Crippen molar-refractivity contribution < 1.29 is 9.90 Å². The van der Waals surface area contributed by atoms with Gasteiger partial charge in [-0.15, -0.1) is 0 Å². The maximum Gasteiger partial charge on any atom is 0.305 e. The molecule has 0 saturated carbocycles. The summed E-state index contributed by atoms with van der Waals surface area (Å²) in [5.74, 6) is -0.801. The van der Waals surface area contributed by atoms with Gasteiger partial charge in [0.05, 0.1) is 11.4 Å². The highest BCUT2D eigenvalue weighted by atomic mass is 79.9. The minimum atomic E-state index is -0.801. The maximum atomic E-state index is 10.8. The molecular formula is C16H15BrClNO2. The van der Waals surface area contributed by atoms with Crippen molar-refractivity contribution in [3.8, 4) is 0 Å². The molecule has 0 amide bonds. The molecule has 0 aliphatic heterocycles. The summed E-state index contributed by atoms with van der Waals surface area (Å²) in [6.07, 6.45) is 0.0964. The predicted octanol–water partition coefficient (Wildman–Crippen LogP) is 4.58. The normalized spacial score (nSPS) is 10.4. The topological polar surface area (TPSA) is 40.5 Å². The molecular weight excluding hydrogens is 354 g/mol. The van der Waals surface area contributed by atoms with Crippen LogP contribution in [0.4, 0.5) is 5.69 Å². The minimum Gasteiger partial charge on any atom is -0.481 e. The van der Waals surface area contributed by atoms with Gasteiger partial charge in [0.1, 0.15) is 0 Å². The summed E-state index contributed by atoms with van der Waals surface area (Å²) < 4.78 is 0.852. The Labute approximate surface area is 137 Å². The summed E-state index contributed by atoms with van der Waals surface area (Å²) in [5, 5.41) is 9.55. The van der Waals surface area contributed by atoms with E-state index in [9.17, 15) is 4.79 Å². The highest BCUT2D eigenvalue weighted by molar-refractivity contribution is 9.10. The SMILES string of the molecule is O=C(O)CCN(Cc1ccc(Br)c(Cl)c1)c1ccccc1. The highest BCUT2D eigenvalue weighted by Crippen LogP contribution is 2.25. The van der Waals surface area contributed by atoms with Gasteiger partial charge in [0.2, 0.25) is 0 Å². The lowest BCUT2D eigenvalue weighted by molar-refractivity contribution is -0.136. The molecule has 0 aliphatic carbocycles. The Kier molecular flexibility index (Phi) is 5.65. The smallest absolute Gasteiger partial charge is 0.305 e. The largest absolute Gasteiger partial charge is 0.481 e. The number of benzene rings is 2. The fourth-order valence-electron chi connectivity index (χ4n) is 2.03. The first kappa shape index (κ1) is 15.9. The molecule has 0 unspecified atom stereocenters. The molecule has 2 rings (SSSR count). The van der Waals surface area contributed by atoms with Crippen LogP contribution in [0.3, 0.4) is 0 Å². The fraction of sp³-hybridized carbons (Fsp3) is 0.188. The van der Waals surface area contributed by atoms with Crippen LogP contribution in [0, 0.1) is 0 Å². The van der Waals surface area contributed by atoms with Gasteiger partial charge >= 0.3 is 5.97 Å². The Bertz CT molecular complexity index is 619. The lowest BCUT2D eigenvalue weighted by Gasteiger charge is -2.24. The zero-order valence-corrected chi connectivity index (χ0v) is 13.6. The van der Waals surface area contributed by atoms with Crippen molar-refractivity contribution >= 4 is 39.2 Å². The summed E-state index contributed by atoms with van der Waals surface area (Å²) in [6, 6.07) is 15.5. The van der Waals surface area contributed by atoms with Crippen LogP contribution in [-0.2, 0) is 11.3 Å². The van der Waals surface area contributed by atoms with Crippen LogP contribution in [0.25, 0.3) is 0 Å². The third-order valence-electron chi connectivity index (χ3n) is 3.07. The number of carboxylic acid groups (broad SMARTS) is 1. The van der Waals surface area contributed by atoms with Gasteiger partial charge in [0, 0.05) is 23.2 Å². The second-order valence-corrected chi connectivity index (χ2v) is 5.91. The van der Waals surface area contributed by atoms with E-state index in [4.69, 9.17) is 16.7 Å². The number of rotatable bonds is 6. The van der Waals surface area contributed by atoms with Gasteiger partial charge in [0.25, 0.3) is 0 Å². The van der Waals surface area contributed by atoms with E-state index in [0.29, 0.717) is 18.1 Å². The van der Waals surface area contributed by atoms with Crippen molar-refractivity contribution in [2.24, 2.45) is 0 Å². The molecule has 0 heterocycles. The number of halogens is 2. The van der Waals surface area contributed by atoms with E-state index >= 15 is 0 Å². The van der Waals surface area contributed by atoms with Crippen molar-refractivity contribution in [1.29, 1.82) is 0 Å². The number of hydrogen-bond donors (Lipinski definition) is 1. The molecule has 0 aromatic heterocycles. The Balaban J connectivity index is 2.18. The molecule has 0 bridgehead atoms. The summed E-state index contributed by atoms with van der Waals surface area (Å²) in [5.41, 5.74) is 2.04. The highest BCUT2D eigenvalue weighted by Gasteiger charge is 2.10. The van der Waals surface area contributed by atoms with Crippen molar-refractivity contribution in [1.82, 2.24) is 0 Å². The average molecular weight is 369 g/mol. The third-order valence-corrected chi connectivity index (χ3v) is 4.31. The number of nitrogens with zero attached hydrogens (tertiary/aromatic N) is 1. The Morgan fingerprint density at radius 1 is 1.19 bits per heavy atom. The predicted molar refractivity (Wildman–Crippen MR) is 88.9 cm³/mol. The lowest BCUT2D eigenvalue weighted by Crippen LogP contribution is -2.25. The summed E-state index contributed by atoms with van der Waals surface area (Å²) in [4.78, 5) is 12.9. The fourth-order valence-corrected chi connectivity index (χ4v) is 2.48.